The molecule has 1 unspecified atom stereocenters. The fourth-order valence-corrected chi connectivity index (χ4v) is 2.04. The Morgan fingerprint density at radius 1 is 1.39 bits per heavy atom. The van der Waals surface area contributed by atoms with Crippen LogP contribution in [-0.2, 0) is 0 Å². The first kappa shape index (κ1) is 12.8. The van der Waals surface area contributed by atoms with E-state index in [0.717, 1.165) is 16.9 Å². The lowest BCUT2D eigenvalue weighted by atomic mass is 9.94. The number of ether oxygens (including phenoxy) is 1. The lowest BCUT2D eigenvalue weighted by Gasteiger charge is -2.28. The topological polar surface area (TPSA) is 52.3 Å². The molecule has 0 bridgehead atoms. The third-order valence-corrected chi connectivity index (χ3v) is 3.07. The fraction of sp³-hybridized carbons (Fsp3) is 0.400. The van der Waals surface area contributed by atoms with Crippen molar-refractivity contribution in [2.24, 2.45) is 5.73 Å². The van der Waals surface area contributed by atoms with Gasteiger partial charge in [-0.25, -0.2) is 0 Å². The Bertz CT molecular complexity index is 528. The van der Waals surface area contributed by atoms with Gasteiger partial charge in [0, 0.05) is 11.1 Å². The summed E-state index contributed by atoms with van der Waals surface area (Å²) in [6.45, 7) is 7.62. The zero-order chi connectivity index (χ0) is 13.5. The van der Waals surface area contributed by atoms with Crippen LogP contribution >= 0.6 is 0 Å². The summed E-state index contributed by atoms with van der Waals surface area (Å²) in [6, 6.07) is 3.30. The van der Waals surface area contributed by atoms with Crippen molar-refractivity contribution in [3.8, 4) is 5.75 Å². The molecule has 0 saturated carbocycles. The molecule has 1 heterocycles. The molecule has 1 aromatic rings. The number of carbonyl (C=O) groups excluding carboxylic acids is 1. The Labute approximate surface area is 108 Å². The number of hydrogen-bond acceptors (Lipinski definition) is 3. The normalized spacial score (nSPS) is 17.8. The van der Waals surface area contributed by atoms with Gasteiger partial charge in [0.15, 0.2) is 5.78 Å². The summed E-state index contributed by atoms with van der Waals surface area (Å²) in [5.41, 5.74) is 7.87. The highest BCUT2D eigenvalue weighted by Gasteiger charge is 2.24. The minimum absolute atomic E-state index is 0.0338. The molecule has 0 spiro atoms. The molecule has 96 valence electrons. The molecule has 0 amide bonds. The highest BCUT2D eigenvalue weighted by Crippen LogP contribution is 2.33. The smallest absolute Gasteiger partial charge is 0.179 e. The van der Waals surface area contributed by atoms with Crippen molar-refractivity contribution < 1.29 is 9.53 Å². The average Bonchev–Trinajstić information content (AvgIpc) is 2.26. The Kier molecular flexibility index (Phi) is 3.03. The predicted octanol–water partition coefficient (Wildman–Crippen LogP) is 2.71. The second-order valence-corrected chi connectivity index (χ2v) is 5.40. The van der Waals surface area contributed by atoms with Gasteiger partial charge >= 0.3 is 0 Å². The molecule has 0 aromatic heterocycles. The Hall–Kier alpha value is -1.61. The second kappa shape index (κ2) is 4.25. The number of ketones is 1. The van der Waals surface area contributed by atoms with Crippen LogP contribution < -0.4 is 10.5 Å². The number of carbonyl (C=O) groups is 1. The zero-order valence-corrected chi connectivity index (χ0v) is 11.3. The van der Waals surface area contributed by atoms with E-state index in [0.29, 0.717) is 5.56 Å². The summed E-state index contributed by atoms with van der Waals surface area (Å²) in [5.74, 6) is 0.787. The summed E-state index contributed by atoms with van der Waals surface area (Å²) in [5, 5.41) is 0. The Morgan fingerprint density at radius 2 is 2.06 bits per heavy atom. The first-order valence-corrected chi connectivity index (χ1v) is 6.13. The van der Waals surface area contributed by atoms with E-state index in [-0.39, 0.29) is 11.4 Å². The third kappa shape index (κ3) is 2.31. The van der Waals surface area contributed by atoms with Crippen molar-refractivity contribution in [2.45, 2.75) is 39.3 Å². The molecule has 0 aliphatic carbocycles. The Balaban J connectivity index is 2.48. The summed E-state index contributed by atoms with van der Waals surface area (Å²) in [6.07, 6.45) is 3.99. The minimum atomic E-state index is -0.480. The van der Waals surface area contributed by atoms with Crippen LogP contribution in [0, 0.1) is 6.92 Å². The lowest BCUT2D eigenvalue weighted by Crippen LogP contribution is -2.29. The van der Waals surface area contributed by atoms with Crippen LogP contribution in [0.5, 0.6) is 5.75 Å². The largest absolute Gasteiger partial charge is 0.483 e. The number of rotatable bonds is 2. The molecule has 3 nitrogen and oxygen atoms in total. The van der Waals surface area contributed by atoms with Gasteiger partial charge in [0.1, 0.15) is 11.4 Å². The van der Waals surface area contributed by atoms with Crippen LogP contribution in [0.3, 0.4) is 0 Å². The van der Waals surface area contributed by atoms with Crippen LogP contribution in [0.4, 0.5) is 0 Å². The monoisotopic (exact) mass is 245 g/mol. The highest BCUT2D eigenvalue weighted by atomic mass is 16.5. The van der Waals surface area contributed by atoms with E-state index in [2.05, 4.69) is 0 Å². The number of hydrogen-bond donors (Lipinski definition) is 1. The van der Waals surface area contributed by atoms with Crippen LogP contribution in [0.2, 0.25) is 0 Å². The van der Waals surface area contributed by atoms with Crippen LogP contribution in [0.1, 0.15) is 42.3 Å². The molecule has 2 rings (SSSR count). The van der Waals surface area contributed by atoms with Gasteiger partial charge in [-0.2, -0.15) is 0 Å². The summed E-state index contributed by atoms with van der Waals surface area (Å²) < 4.78 is 5.87. The summed E-state index contributed by atoms with van der Waals surface area (Å²) in [4.78, 5) is 12.0. The first-order valence-electron chi connectivity index (χ1n) is 6.13. The molecule has 0 fully saturated rings. The van der Waals surface area contributed by atoms with Crippen LogP contribution in [-0.4, -0.2) is 17.4 Å². The third-order valence-electron chi connectivity index (χ3n) is 3.07. The van der Waals surface area contributed by atoms with Crippen LogP contribution in [0.15, 0.2) is 18.2 Å². The van der Waals surface area contributed by atoms with Gasteiger partial charge < -0.3 is 10.5 Å². The van der Waals surface area contributed by atoms with Gasteiger partial charge in [0.25, 0.3) is 0 Å². The summed E-state index contributed by atoms with van der Waals surface area (Å²) >= 11 is 0. The van der Waals surface area contributed by atoms with E-state index < -0.39 is 6.04 Å². The maximum atomic E-state index is 12.0. The SMILES string of the molecule is Cc1cc2c(cc1C(=O)C(C)N)C=CC(C)(C)O2. The quantitative estimate of drug-likeness (QED) is 0.815. The van der Waals surface area contributed by atoms with E-state index >= 15 is 0 Å². The number of Topliss-reactive ketones (excluding diaryl/α,β-unsaturated/α-hetero) is 1. The highest BCUT2D eigenvalue weighted by molar-refractivity contribution is 6.01. The molecule has 3 heteroatoms. The standard InChI is InChI=1S/C15H19NO2/c1-9-7-13-11(5-6-15(3,4)18-13)8-12(9)14(17)10(2)16/h5-8,10H,16H2,1-4H3. The van der Waals surface area contributed by atoms with Gasteiger partial charge in [-0.05, 0) is 51.5 Å². The summed E-state index contributed by atoms with van der Waals surface area (Å²) in [7, 11) is 0. The number of nitrogens with two attached hydrogens (primary N) is 1. The van der Waals surface area contributed by atoms with Crippen molar-refractivity contribution >= 4 is 11.9 Å². The minimum Gasteiger partial charge on any atom is -0.483 e. The number of aryl methyl sites for hydroxylation is 1. The predicted molar refractivity (Wildman–Crippen MR) is 72.9 cm³/mol. The fourth-order valence-electron chi connectivity index (χ4n) is 2.04. The maximum Gasteiger partial charge on any atom is 0.179 e. The van der Waals surface area contributed by atoms with E-state index in [9.17, 15) is 4.79 Å². The average molecular weight is 245 g/mol. The zero-order valence-electron chi connectivity index (χ0n) is 11.3. The second-order valence-electron chi connectivity index (χ2n) is 5.40. The van der Waals surface area contributed by atoms with Crippen molar-refractivity contribution in [1.82, 2.24) is 0 Å². The molecule has 0 radical (unpaired) electrons. The van der Waals surface area contributed by atoms with Gasteiger partial charge in [-0.15, -0.1) is 0 Å². The van der Waals surface area contributed by atoms with E-state index in [1.54, 1.807) is 6.92 Å². The molecule has 2 N–H and O–H groups in total. The molecular weight excluding hydrogens is 226 g/mol. The molecule has 0 saturated heterocycles. The molecule has 18 heavy (non-hydrogen) atoms. The van der Waals surface area contributed by atoms with Gasteiger partial charge in [-0.3, -0.25) is 4.79 Å². The van der Waals surface area contributed by atoms with E-state index in [4.69, 9.17) is 10.5 Å². The van der Waals surface area contributed by atoms with Crippen molar-refractivity contribution in [1.29, 1.82) is 0 Å². The van der Waals surface area contributed by atoms with Gasteiger partial charge in [0.05, 0.1) is 6.04 Å². The molecule has 1 aliphatic heterocycles. The lowest BCUT2D eigenvalue weighted by molar-refractivity contribution is 0.0967. The molecule has 1 atom stereocenters. The molecule has 1 aliphatic rings. The maximum absolute atomic E-state index is 12.0. The Morgan fingerprint density at radius 3 is 2.67 bits per heavy atom. The van der Waals surface area contributed by atoms with Gasteiger partial charge in [0.2, 0.25) is 0 Å². The van der Waals surface area contributed by atoms with Crippen LogP contribution in [0.25, 0.3) is 6.08 Å². The van der Waals surface area contributed by atoms with Crippen molar-refractivity contribution in [3.63, 3.8) is 0 Å². The van der Waals surface area contributed by atoms with Gasteiger partial charge in [-0.1, -0.05) is 6.08 Å². The number of fused-ring (bicyclic) bond motifs is 1. The van der Waals surface area contributed by atoms with E-state index in [1.165, 1.54) is 0 Å². The first-order chi connectivity index (χ1) is 8.30. The molecule has 1 aromatic carbocycles. The van der Waals surface area contributed by atoms with E-state index in [1.807, 2.05) is 45.1 Å². The van der Waals surface area contributed by atoms with Crippen molar-refractivity contribution in [3.05, 3.63) is 34.9 Å². The van der Waals surface area contributed by atoms with Crippen molar-refractivity contribution in [2.75, 3.05) is 0 Å². The number of benzene rings is 1. The molecular formula is C15H19NO2.